The van der Waals surface area contributed by atoms with Crippen molar-refractivity contribution in [2.45, 2.75) is 39.5 Å². The summed E-state index contributed by atoms with van der Waals surface area (Å²) in [5.74, 6) is 1.79. The van der Waals surface area contributed by atoms with Gasteiger partial charge < -0.3 is 10.1 Å². The van der Waals surface area contributed by atoms with E-state index in [0.717, 1.165) is 43.2 Å². The predicted octanol–water partition coefficient (Wildman–Crippen LogP) is 5.12. The molecule has 1 aromatic heterocycles. The normalized spacial score (nSPS) is 12.5. The van der Waals surface area contributed by atoms with Gasteiger partial charge >= 0.3 is 0 Å². The van der Waals surface area contributed by atoms with E-state index in [0.29, 0.717) is 28.5 Å². The number of sulfonamides is 1. The molecule has 1 unspecified atom stereocenters. The lowest BCUT2D eigenvalue weighted by molar-refractivity contribution is 0.414. The number of rotatable bonds is 10. The molecule has 3 rings (SSSR count). The van der Waals surface area contributed by atoms with Gasteiger partial charge in [-0.2, -0.15) is 0 Å². The van der Waals surface area contributed by atoms with Crippen LogP contribution in [-0.4, -0.2) is 31.8 Å². The van der Waals surface area contributed by atoms with Crippen molar-refractivity contribution in [1.29, 1.82) is 0 Å². The second-order valence-corrected chi connectivity index (χ2v) is 9.45. The number of hydrogen-bond acceptors (Lipinski definition) is 6. The third-order valence-corrected chi connectivity index (χ3v) is 5.77. The number of nitrogens with zero attached hydrogens (tertiary/aromatic N) is 2. The highest BCUT2D eigenvalue weighted by molar-refractivity contribution is 7.92. The lowest BCUT2D eigenvalue weighted by Gasteiger charge is -2.19. The minimum absolute atomic E-state index is 0.163. The SMILES string of the molecule is CCCC(CC)Cc1ccc(OC)cc1Nc1nc2ccccc2nc1NS(C)(=O)=O. The van der Waals surface area contributed by atoms with Gasteiger partial charge in [-0.1, -0.05) is 51.3 Å². The Hall–Kier alpha value is -2.87. The van der Waals surface area contributed by atoms with Gasteiger partial charge in [0.1, 0.15) is 5.75 Å². The van der Waals surface area contributed by atoms with Crippen LogP contribution >= 0.6 is 0 Å². The van der Waals surface area contributed by atoms with Gasteiger partial charge in [0, 0.05) is 11.8 Å². The standard InChI is InChI=1S/C23H30N4O3S/c1-5-9-16(6-2)14-17-12-13-18(30-3)15-21(17)26-22-23(27-31(4,28)29)25-20-11-8-7-10-19(20)24-22/h7-8,10-13,15-16H,5-6,9,14H2,1-4H3,(H,24,26)(H,25,27). The number of aromatic nitrogens is 2. The maximum absolute atomic E-state index is 11.9. The minimum Gasteiger partial charge on any atom is -0.497 e. The largest absolute Gasteiger partial charge is 0.497 e. The number of ether oxygens (including phenoxy) is 1. The molecule has 7 nitrogen and oxygen atoms in total. The van der Waals surface area contributed by atoms with E-state index in [2.05, 4.69) is 39.9 Å². The van der Waals surface area contributed by atoms with Gasteiger partial charge in [-0.05, 0) is 36.1 Å². The lowest BCUT2D eigenvalue weighted by Crippen LogP contribution is -2.14. The van der Waals surface area contributed by atoms with Crippen molar-refractivity contribution in [3.8, 4) is 5.75 Å². The molecule has 0 radical (unpaired) electrons. The molecular formula is C23H30N4O3S. The Morgan fingerprint density at radius 2 is 1.71 bits per heavy atom. The molecule has 0 aliphatic heterocycles. The highest BCUT2D eigenvalue weighted by Gasteiger charge is 2.16. The molecule has 1 heterocycles. The molecular weight excluding hydrogens is 412 g/mol. The predicted molar refractivity (Wildman–Crippen MR) is 127 cm³/mol. The number of para-hydroxylation sites is 2. The van der Waals surface area contributed by atoms with Crippen LogP contribution in [0.2, 0.25) is 0 Å². The van der Waals surface area contributed by atoms with Crippen molar-refractivity contribution in [3.63, 3.8) is 0 Å². The first-order valence-corrected chi connectivity index (χ1v) is 12.4. The van der Waals surface area contributed by atoms with Crippen molar-refractivity contribution in [1.82, 2.24) is 9.97 Å². The number of nitrogens with one attached hydrogen (secondary N) is 2. The molecule has 2 aromatic carbocycles. The van der Waals surface area contributed by atoms with Crippen molar-refractivity contribution >= 4 is 38.4 Å². The number of anilines is 3. The Morgan fingerprint density at radius 3 is 2.29 bits per heavy atom. The van der Waals surface area contributed by atoms with Gasteiger partial charge in [0.2, 0.25) is 10.0 Å². The number of hydrogen-bond donors (Lipinski definition) is 2. The molecule has 2 N–H and O–H groups in total. The van der Waals surface area contributed by atoms with Gasteiger partial charge in [-0.3, -0.25) is 4.72 Å². The van der Waals surface area contributed by atoms with E-state index in [1.807, 2.05) is 30.3 Å². The summed E-state index contributed by atoms with van der Waals surface area (Å²) in [6.07, 6.45) is 5.39. The molecule has 0 bridgehead atoms. The molecule has 0 amide bonds. The van der Waals surface area contributed by atoms with Crippen molar-refractivity contribution in [3.05, 3.63) is 48.0 Å². The van der Waals surface area contributed by atoms with Crippen molar-refractivity contribution in [2.24, 2.45) is 5.92 Å². The van der Waals surface area contributed by atoms with E-state index in [4.69, 9.17) is 4.74 Å². The van der Waals surface area contributed by atoms with E-state index in [1.165, 1.54) is 0 Å². The Balaban J connectivity index is 2.06. The van der Waals surface area contributed by atoms with Crippen LogP contribution in [0.25, 0.3) is 11.0 Å². The Morgan fingerprint density at radius 1 is 1.03 bits per heavy atom. The van der Waals surface area contributed by atoms with E-state index in [1.54, 1.807) is 13.2 Å². The van der Waals surface area contributed by atoms with Crippen molar-refractivity contribution in [2.75, 3.05) is 23.4 Å². The van der Waals surface area contributed by atoms with Crippen LogP contribution in [0.4, 0.5) is 17.3 Å². The smallest absolute Gasteiger partial charge is 0.231 e. The fourth-order valence-corrected chi connectivity index (χ4v) is 4.10. The maximum Gasteiger partial charge on any atom is 0.231 e. The summed E-state index contributed by atoms with van der Waals surface area (Å²) in [6, 6.07) is 13.3. The lowest BCUT2D eigenvalue weighted by atomic mass is 9.92. The Bertz CT molecular complexity index is 1150. The second-order valence-electron chi connectivity index (χ2n) is 7.70. The van der Waals surface area contributed by atoms with Crippen LogP contribution in [0.1, 0.15) is 38.7 Å². The summed E-state index contributed by atoms with van der Waals surface area (Å²) in [6.45, 7) is 4.41. The third kappa shape index (κ3) is 6.07. The monoisotopic (exact) mass is 442 g/mol. The molecule has 0 saturated carbocycles. The highest BCUT2D eigenvalue weighted by Crippen LogP contribution is 2.32. The van der Waals surface area contributed by atoms with Gasteiger partial charge in [-0.25, -0.2) is 18.4 Å². The van der Waals surface area contributed by atoms with Gasteiger partial charge in [0.25, 0.3) is 0 Å². The summed E-state index contributed by atoms with van der Waals surface area (Å²) in [5.41, 5.74) is 3.24. The van der Waals surface area contributed by atoms with Gasteiger partial charge in [-0.15, -0.1) is 0 Å². The first-order valence-electron chi connectivity index (χ1n) is 10.5. The van der Waals surface area contributed by atoms with E-state index in [-0.39, 0.29) is 5.82 Å². The molecule has 3 aromatic rings. The van der Waals surface area contributed by atoms with Gasteiger partial charge in [0.05, 0.1) is 24.4 Å². The molecule has 0 aliphatic rings. The van der Waals surface area contributed by atoms with E-state index in [9.17, 15) is 8.42 Å². The zero-order chi connectivity index (χ0) is 22.4. The van der Waals surface area contributed by atoms with Gasteiger partial charge in [0.15, 0.2) is 11.6 Å². The molecule has 0 aliphatic carbocycles. The zero-order valence-electron chi connectivity index (χ0n) is 18.5. The number of benzene rings is 2. The fraction of sp³-hybridized carbons (Fsp3) is 0.391. The molecule has 166 valence electrons. The molecule has 8 heteroatoms. The van der Waals surface area contributed by atoms with Crippen LogP contribution in [0.5, 0.6) is 5.75 Å². The molecule has 1 atom stereocenters. The van der Waals surface area contributed by atoms with Crippen LogP contribution < -0.4 is 14.8 Å². The maximum atomic E-state index is 11.9. The quantitative estimate of drug-likeness (QED) is 0.452. The fourth-order valence-electron chi connectivity index (χ4n) is 3.61. The zero-order valence-corrected chi connectivity index (χ0v) is 19.3. The molecule has 0 saturated heterocycles. The first kappa shape index (κ1) is 22.8. The minimum atomic E-state index is -3.53. The van der Waals surface area contributed by atoms with E-state index >= 15 is 0 Å². The summed E-state index contributed by atoms with van der Waals surface area (Å²) < 4.78 is 31.8. The topological polar surface area (TPSA) is 93.2 Å². The van der Waals surface area contributed by atoms with Crippen LogP contribution in [-0.2, 0) is 16.4 Å². The average Bonchev–Trinajstić information content (AvgIpc) is 2.73. The first-order chi connectivity index (χ1) is 14.8. The molecule has 0 fully saturated rings. The van der Waals surface area contributed by atoms with Crippen molar-refractivity contribution < 1.29 is 13.2 Å². The Labute approximate surface area is 184 Å². The Kier molecular flexibility index (Phi) is 7.33. The average molecular weight is 443 g/mol. The van der Waals surface area contributed by atoms with Crippen LogP contribution in [0.3, 0.4) is 0 Å². The molecule has 31 heavy (non-hydrogen) atoms. The number of fused-ring (bicyclic) bond motifs is 1. The summed E-state index contributed by atoms with van der Waals surface area (Å²) in [7, 11) is -1.91. The summed E-state index contributed by atoms with van der Waals surface area (Å²) >= 11 is 0. The molecule has 0 spiro atoms. The van der Waals surface area contributed by atoms with Crippen LogP contribution in [0, 0.1) is 5.92 Å². The third-order valence-electron chi connectivity index (χ3n) is 5.21. The second kappa shape index (κ2) is 9.96. The number of methoxy groups -OCH3 is 1. The summed E-state index contributed by atoms with van der Waals surface area (Å²) in [5, 5.41) is 3.32. The summed E-state index contributed by atoms with van der Waals surface area (Å²) in [4.78, 5) is 9.13. The highest BCUT2D eigenvalue weighted by atomic mass is 32.2. The van der Waals surface area contributed by atoms with Crippen LogP contribution in [0.15, 0.2) is 42.5 Å². The van der Waals surface area contributed by atoms with E-state index < -0.39 is 10.0 Å².